The van der Waals surface area contributed by atoms with Gasteiger partial charge in [-0.2, -0.15) is 0 Å². The van der Waals surface area contributed by atoms with Gasteiger partial charge in [0.2, 0.25) is 11.8 Å². The van der Waals surface area contributed by atoms with Crippen LogP contribution < -0.4 is 0 Å². The molecule has 1 N–H and O–H groups in total. The smallest absolute Gasteiger partial charge is 0.227 e. The molecule has 1 fully saturated rings. The number of carbonyl (C=O) groups excluding carboxylic acids is 2. The van der Waals surface area contributed by atoms with Crippen LogP contribution >= 0.6 is 0 Å². The average molecular weight is 299 g/mol. The van der Waals surface area contributed by atoms with E-state index in [1.165, 1.54) is 0 Å². The number of para-hydroxylation sites is 1. The molecule has 1 aromatic carbocycles. The zero-order valence-corrected chi connectivity index (χ0v) is 13.1. The summed E-state index contributed by atoms with van der Waals surface area (Å²) in [6.07, 6.45) is 0.413. The lowest BCUT2D eigenvalue weighted by Crippen LogP contribution is -2.50. The molecule has 3 rings (SSSR count). The molecule has 0 saturated carbocycles. The number of rotatable bonds is 2. The predicted octanol–water partition coefficient (Wildman–Crippen LogP) is 1.71. The monoisotopic (exact) mass is 299 g/mol. The number of aryl methyl sites for hydroxylation is 1. The van der Waals surface area contributed by atoms with Crippen molar-refractivity contribution in [3.05, 3.63) is 35.5 Å². The van der Waals surface area contributed by atoms with Crippen LogP contribution in [0, 0.1) is 6.92 Å². The summed E-state index contributed by atoms with van der Waals surface area (Å²) < 4.78 is 0. The maximum atomic E-state index is 12.5. The van der Waals surface area contributed by atoms with E-state index in [0.29, 0.717) is 32.6 Å². The first-order valence-corrected chi connectivity index (χ1v) is 7.65. The van der Waals surface area contributed by atoms with E-state index in [0.717, 1.165) is 22.2 Å². The summed E-state index contributed by atoms with van der Waals surface area (Å²) in [6, 6.07) is 8.07. The van der Waals surface area contributed by atoms with Gasteiger partial charge in [-0.25, -0.2) is 0 Å². The highest BCUT2D eigenvalue weighted by Crippen LogP contribution is 2.23. The molecule has 1 saturated heterocycles. The maximum Gasteiger partial charge on any atom is 0.227 e. The van der Waals surface area contributed by atoms with E-state index in [1.54, 1.807) is 11.8 Å². The number of nitrogens with zero attached hydrogens (tertiary/aromatic N) is 2. The highest BCUT2D eigenvalue weighted by atomic mass is 16.2. The number of nitrogens with one attached hydrogen (secondary N) is 1. The molecule has 0 aliphatic carbocycles. The number of fused-ring (bicyclic) bond motifs is 1. The largest absolute Gasteiger partial charge is 0.358 e. The first-order chi connectivity index (χ1) is 10.6. The fourth-order valence-corrected chi connectivity index (χ4v) is 3.10. The second kappa shape index (κ2) is 5.83. The van der Waals surface area contributed by atoms with Crippen molar-refractivity contribution in [3.63, 3.8) is 0 Å². The van der Waals surface area contributed by atoms with Crippen molar-refractivity contribution in [1.29, 1.82) is 0 Å². The van der Waals surface area contributed by atoms with Crippen molar-refractivity contribution >= 4 is 22.7 Å². The van der Waals surface area contributed by atoms with Gasteiger partial charge in [-0.3, -0.25) is 9.59 Å². The van der Waals surface area contributed by atoms with Crippen LogP contribution in [0.4, 0.5) is 0 Å². The van der Waals surface area contributed by atoms with Crippen LogP contribution in [-0.4, -0.2) is 52.8 Å². The van der Waals surface area contributed by atoms with Gasteiger partial charge in [0, 0.05) is 49.7 Å². The van der Waals surface area contributed by atoms with Gasteiger partial charge >= 0.3 is 0 Å². The fraction of sp³-hybridized carbons (Fsp3) is 0.412. The topological polar surface area (TPSA) is 56.4 Å². The first-order valence-electron chi connectivity index (χ1n) is 7.65. The molecule has 0 atom stereocenters. The Bertz CT molecular complexity index is 712. The third-order valence-corrected chi connectivity index (χ3v) is 4.43. The van der Waals surface area contributed by atoms with Crippen LogP contribution in [0.2, 0.25) is 0 Å². The molecule has 0 spiro atoms. The van der Waals surface area contributed by atoms with Crippen LogP contribution in [0.3, 0.4) is 0 Å². The fourth-order valence-electron chi connectivity index (χ4n) is 3.10. The lowest BCUT2D eigenvalue weighted by atomic mass is 10.1. The highest BCUT2D eigenvalue weighted by molar-refractivity contribution is 5.90. The van der Waals surface area contributed by atoms with Gasteiger partial charge in [0.15, 0.2) is 0 Å². The summed E-state index contributed by atoms with van der Waals surface area (Å²) in [5.41, 5.74) is 3.20. The second-order valence-corrected chi connectivity index (χ2v) is 5.84. The zero-order chi connectivity index (χ0) is 15.7. The van der Waals surface area contributed by atoms with Crippen molar-refractivity contribution in [2.45, 2.75) is 20.3 Å². The first kappa shape index (κ1) is 14.6. The minimum Gasteiger partial charge on any atom is -0.358 e. The number of aromatic amines is 1. The van der Waals surface area contributed by atoms with Crippen LogP contribution in [-0.2, 0) is 16.0 Å². The molecule has 2 amide bonds. The van der Waals surface area contributed by atoms with E-state index >= 15 is 0 Å². The molecule has 1 aliphatic rings. The third kappa shape index (κ3) is 2.71. The Morgan fingerprint density at radius 3 is 2.41 bits per heavy atom. The molecule has 5 heteroatoms. The third-order valence-electron chi connectivity index (χ3n) is 4.43. The molecule has 116 valence electrons. The predicted molar refractivity (Wildman–Crippen MR) is 85.6 cm³/mol. The number of carbonyl (C=O) groups is 2. The van der Waals surface area contributed by atoms with Crippen molar-refractivity contribution in [2.24, 2.45) is 0 Å². The minimum absolute atomic E-state index is 0.0829. The van der Waals surface area contributed by atoms with Crippen molar-refractivity contribution in [1.82, 2.24) is 14.8 Å². The van der Waals surface area contributed by atoms with E-state index in [1.807, 2.05) is 30.0 Å². The molecular formula is C17H21N3O2. The van der Waals surface area contributed by atoms with E-state index in [4.69, 9.17) is 0 Å². The van der Waals surface area contributed by atoms with Crippen LogP contribution in [0.15, 0.2) is 24.3 Å². The van der Waals surface area contributed by atoms with Gasteiger partial charge in [-0.05, 0) is 18.6 Å². The Kier molecular flexibility index (Phi) is 3.88. The summed E-state index contributed by atoms with van der Waals surface area (Å²) in [5, 5.41) is 1.12. The van der Waals surface area contributed by atoms with Gasteiger partial charge in [-0.1, -0.05) is 18.2 Å². The van der Waals surface area contributed by atoms with E-state index in [-0.39, 0.29) is 11.8 Å². The molecule has 0 unspecified atom stereocenters. The van der Waals surface area contributed by atoms with Crippen molar-refractivity contribution in [3.8, 4) is 0 Å². The van der Waals surface area contributed by atoms with E-state index in [2.05, 4.69) is 11.1 Å². The summed E-state index contributed by atoms with van der Waals surface area (Å²) in [6.45, 7) is 6.10. The van der Waals surface area contributed by atoms with Gasteiger partial charge in [0.1, 0.15) is 0 Å². The van der Waals surface area contributed by atoms with E-state index in [9.17, 15) is 9.59 Å². The van der Waals surface area contributed by atoms with Gasteiger partial charge in [0.25, 0.3) is 0 Å². The summed E-state index contributed by atoms with van der Waals surface area (Å²) in [4.78, 5) is 30.9. The summed E-state index contributed by atoms with van der Waals surface area (Å²) in [5.74, 6) is 0.218. The molecule has 5 nitrogen and oxygen atoms in total. The van der Waals surface area contributed by atoms with Gasteiger partial charge < -0.3 is 14.8 Å². The Morgan fingerprint density at radius 2 is 1.73 bits per heavy atom. The molecule has 0 bridgehead atoms. The van der Waals surface area contributed by atoms with Gasteiger partial charge in [0.05, 0.1) is 6.42 Å². The number of benzene rings is 1. The van der Waals surface area contributed by atoms with Crippen LogP contribution in [0.5, 0.6) is 0 Å². The van der Waals surface area contributed by atoms with Gasteiger partial charge in [-0.15, -0.1) is 0 Å². The number of piperazine rings is 1. The Labute approximate surface area is 129 Å². The zero-order valence-electron chi connectivity index (χ0n) is 13.1. The number of amides is 2. The number of aromatic nitrogens is 1. The minimum atomic E-state index is 0.0829. The van der Waals surface area contributed by atoms with Crippen LogP contribution in [0.1, 0.15) is 18.2 Å². The average Bonchev–Trinajstić information content (AvgIpc) is 2.83. The molecule has 0 radical (unpaired) electrons. The molecule has 22 heavy (non-hydrogen) atoms. The molecule has 1 aromatic heterocycles. The number of hydrogen-bond acceptors (Lipinski definition) is 2. The Hall–Kier alpha value is -2.30. The number of H-pyrrole nitrogens is 1. The van der Waals surface area contributed by atoms with Crippen molar-refractivity contribution in [2.75, 3.05) is 26.2 Å². The molecule has 2 aromatic rings. The Balaban J connectivity index is 1.72. The lowest BCUT2D eigenvalue weighted by Gasteiger charge is -2.34. The van der Waals surface area contributed by atoms with Crippen molar-refractivity contribution < 1.29 is 9.59 Å². The Morgan fingerprint density at radius 1 is 1.09 bits per heavy atom. The SMILES string of the molecule is CC(=O)N1CCN(C(=O)Cc2c(C)[nH]c3ccccc23)CC1. The van der Waals surface area contributed by atoms with E-state index < -0.39 is 0 Å². The number of hydrogen-bond donors (Lipinski definition) is 1. The highest BCUT2D eigenvalue weighted by Gasteiger charge is 2.23. The maximum absolute atomic E-state index is 12.5. The molecular weight excluding hydrogens is 278 g/mol. The quantitative estimate of drug-likeness (QED) is 0.918. The van der Waals surface area contributed by atoms with Crippen LogP contribution in [0.25, 0.3) is 10.9 Å². The summed E-state index contributed by atoms with van der Waals surface area (Å²) in [7, 11) is 0. The lowest BCUT2D eigenvalue weighted by molar-refractivity contribution is -0.138. The normalized spacial score (nSPS) is 15.4. The summed E-state index contributed by atoms with van der Waals surface area (Å²) >= 11 is 0. The second-order valence-electron chi connectivity index (χ2n) is 5.84. The standard InChI is InChI=1S/C17H21N3O2/c1-12-15(14-5-3-4-6-16(14)18-12)11-17(22)20-9-7-19(8-10-20)13(2)21/h3-6,18H,7-11H2,1-2H3. The molecule has 2 heterocycles. The molecule has 1 aliphatic heterocycles.